The van der Waals surface area contributed by atoms with E-state index in [1.54, 1.807) is 7.11 Å². The molecule has 0 saturated carbocycles. The van der Waals surface area contributed by atoms with Gasteiger partial charge >= 0.3 is 0 Å². The minimum atomic E-state index is -0.386. The summed E-state index contributed by atoms with van der Waals surface area (Å²) < 4.78 is 6.11. The van der Waals surface area contributed by atoms with Gasteiger partial charge in [-0.15, -0.1) is 0 Å². The Balaban J connectivity index is 1.39. The van der Waals surface area contributed by atoms with Crippen LogP contribution in [-0.4, -0.2) is 31.5 Å². The molecule has 1 fully saturated rings. The largest absolute Gasteiger partial charge is 0.497 e. The molecule has 28 heavy (non-hydrogen) atoms. The Bertz CT molecular complexity index is 811. The second-order valence-corrected chi connectivity index (χ2v) is 7.44. The molecule has 0 bridgehead atoms. The molecule has 3 rings (SSSR count). The van der Waals surface area contributed by atoms with E-state index in [9.17, 15) is 9.59 Å². The number of carbonyl (C=O) groups is 2. The summed E-state index contributed by atoms with van der Waals surface area (Å²) in [4.78, 5) is 24.3. The summed E-state index contributed by atoms with van der Waals surface area (Å²) in [5.41, 5.74) is 8.18. The summed E-state index contributed by atoms with van der Waals surface area (Å²) in [5.74, 6) is 0.327. The van der Waals surface area contributed by atoms with E-state index in [0.717, 1.165) is 21.3 Å². The summed E-state index contributed by atoms with van der Waals surface area (Å²) >= 11 is 3.41. The Hall–Kier alpha value is -2.42. The van der Waals surface area contributed by atoms with Crippen molar-refractivity contribution >= 4 is 27.7 Å². The molecule has 2 aromatic carbocycles. The normalized spacial score (nSPS) is 18.5. The third-order valence-corrected chi connectivity index (χ3v) is 5.09. The van der Waals surface area contributed by atoms with Crippen molar-refractivity contribution in [1.82, 2.24) is 21.5 Å². The first-order chi connectivity index (χ1) is 13.5. The highest BCUT2D eigenvalue weighted by atomic mass is 79.9. The molecule has 1 aliphatic heterocycles. The fraction of sp³-hybridized carbons (Fsp3) is 0.300. The molecule has 0 aromatic heterocycles. The van der Waals surface area contributed by atoms with E-state index in [-0.39, 0.29) is 30.4 Å². The van der Waals surface area contributed by atoms with Crippen LogP contribution in [0.3, 0.4) is 0 Å². The summed E-state index contributed by atoms with van der Waals surface area (Å²) in [6, 6.07) is 15.1. The molecule has 2 unspecified atom stereocenters. The first kappa shape index (κ1) is 20.3. The van der Waals surface area contributed by atoms with Gasteiger partial charge in [0.15, 0.2) is 0 Å². The average molecular weight is 447 g/mol. The van der Waals surface area contributed by atoms with Gasteiger partial charge in [0.05, 0.1) is 13.7 Å². The molecule has 1 aliphatic rings. The summed E-state index contributed by atoms with van der Waals surface area (Å²) in [7, 11) is 1.61. The van der Waals surface area contributed by atoms with Crippen LogP contribution in [0.2, 0.25) is 0 Å². The van der Waals surface area contributed by atoms with Gasteiger partial charge in [-0.05, 0) is 41.8 Å². The van der Waals surface area contributed by atoms with Gasteiger partial charge < -0.3 is 15.4 Å². The van der Waals surface area contributed by atoms with Crippen LogP contribution in [0.25, 0.3) is 0 Å². The van der Waals surface area contributed by atoms with Crippen molar-refractivity contribution in [1.29, 1.82) is 0 Å². The number of methoxy groups -OCH3 is 1. The minimum absolute atomic E-state index is 0.0488. The summed E-state index contributed by atoms with van der Waals surface area (Å²) in [6.07, 6.45) is 0.612. The third kappa shape index (κ3) is 5.54. The highest BCUT2D eigenvalue weighted by molar-refractivity contribution is 9.10. The van der Waals surface area contributed by atoms with E-state index in [4.69, 9.17) is 4.74 Å². The maximum atomic E-state index is 12.3. The smallest absolute Gasteiger partial charge is 0.239 e. The standard InChI is InChI=1S/C20H23BrN4O3/c1-28-16-8-2-13(3-9-16)11-22-19(26)12-23-20(27)18-10-17(24-25-18)14-4-6-15(21)7-5-14/h2-9,17-18,24-25H,10-12H2,1H3,(H,22,26)(H,23,27). The molecule has 7 nitrogen and oxygen atoms in total. The lowest BCUT2D eigenvalue weighted by Gasteiger charge is -2.11. The third-order valence-electron chi connectivity index (χ3n) is 4.56. The van der Waals surface area contributed by atoms with Crippen LogP contribution in [0.1, 0.15) is 23.6 Å². The number of rotatable bonds is 7. The van der Waals surface area contributed by atoms with Crippen molar-refractivity contribution < 1.29 is 14.3 Å². The summed E-state index contributed by atoms with van der Waals surface area (Å²) in [5, 5.41) is 5.47. The number of hydrazine groups is 1. The van der Waals surface area contributed by atoms with Crippen LogP contribution in [0.15, 0.2) is 53.0 Å². The van der Waals surface area contributed by atoms with Gasteiger partial charge in [0.25, 0.3) is 0 Å². The van der Waals surface area contributed by atoms with Crippen molar-refractivity contribution in [3.63, 3.8) is 0 Å². The van der Waals surface area contributed by atoms with Crippen molar-refractivity contribution in [2.24, 2.45) is 0 Å². The Morgan fingerprint density at radius 3 is 2.46 bits per heavy atom. The number of halogens is 1. The summed E-state index contributed by atoms with van der Waals surface area (Å²) in [6.45, 7) is 0.337. The van der Waals surface area contributed by atoms with Gasteiger partial charge in [-0.1, -0.05) is 40.2 Å². The highest BCUT2D eigenvalue weighted by Crippen LogP contribution is 2.23. The van der Waals surface area contributed by atoms with Crippen molar-refractivity contribution in [3.8, 4) is 5.75 Å². The Labute approximate surface area is 172 Å². The quantitative estimate of drug-likeness (QED) is 0.520. The fourth-order valence-electron chi connectivity index (χ4n) is 2.94. The molecule has 1 saturated heterocycles. The highest BCUT2D eigenvalue weighted by Gasteiger charge is 2.30. The number of amides is 2. The first-order valence-corrected chi connectivity index (χ1v) is 9.78. The molecule has 2 atom stereocenters. The lowest BCUT2D eigenvalue weighted by Crippen LogP contribution is -2.46. The molecular formula is C20H23BrN4O3. The zero-order valence-corrected chi connectivity index (χ0v) is 17.1. The van der Waals surface area contributed by atoms with Crippen LogP contribution in [0.5, 0.6) is 5.75 Å². The van der Waals surface area contributed by atoms with E-state index in [1.165, 1.54) is 0 Å². The zero-order valence-electron chi connectivity index (χ0n) is 15.5. The van der Waals surface area contributed by atoms with E-state index >= 15 is 0 Å². The number of hydrogen-bond acceptors (Lipinski definition) is 5. The van der Waals surface area contributed by atoms with Crippen LogP contribution in [-0.2, 0) is 16.1 Å². The van der Waals surface area contributed by atoms with Crippen molar-refractivity contribution in [2.45, 2.75) is 25.0 Å². The molecule has 0 aliphatic carbocycles. The molecular weight excluding hydrogens is 424 g/mol. The SMILES string of the molecule is COc1ccc(CNC(=O)CNC(=O)C2CC(c3ccc(Br)cc3)NN2)cc1. The van der Waals surface area contributed by atoms with Gasteiger partial charge in [0, 0.05) is 17.1 Å². The van der Waals surface area contributed by atoms with Crippen molar-refractivity contribution in [3.05, 3.63) is 64.1 Å². The lowest BCUT2D eigenvalue weighted by molar-refractivity contribution is -0.127. The second kappa shape index (κ2) is 9.68. The first-order valence-electron chi connectivity index (χ1n) is 8.99. The predicted molar refractivity (Wildman–Crippen MR) is 109 cm³/mol. The van der Waals surface area contributed by atoms with E-state index in [1.807, 2.05) is 48.5 Å². The monoisotopic (exact) mass is 446 g/mol. The molecule has 148 valence electrons. The number of ether oxygens (including phenoxy) is 1. The Kier molecular flexibility index (Phi) is 7.02. The minimum Gasteiger partial charge on any atom is -0.497 e. The molecule has 1 heterocycles. The van der Waals surface area contributed by atoms with Gasteiger partial charge in [0.2, 0.25) is 11.8 Å². The average Bonchev–Trinajstić information content (AvgIpc) is 3.21. The van der Waals surface area contributed by atoms with Crippen LogP contribution in [0.4, 0.5) is 0 Å². The van der Waals surface area contributed by atoms with Crippen molar-refractivity contribution in [2.75, 3.05) is 13.7 Å². The van der Waals surface area contributed by atoms with Gasteiger partial charge in [-0.2, -0.15) is 0 Å². The number of carbonyl (C=O) groups excluding carboxylic acids is 2. The topological polar surface area (TPSA) is 91.5 Å². The molecule has 2 aromatic rings. The maximum Gasteiger partial charge on any atom is 0.239 e. The van der Waals surface area contributed by atoms with Gasteiger partial charge in [-0.3, -0.25) is 9.59 Å². The van der Waals surface area contributed by atoms with E-state index in [0.29, 0.717) is 13.0 Å². The molecule has 0 spiro atoms. The lowest BCUT2D eigenvalue weighted by atomic mass is 10.0. The maximum absolute atomic E-state index is 12.3. The number of benzene rings is 2. The molecule has 8 heteroatoms. The van der Waals surface area contributed by atoms with Gasteiger partial charge in [-0.25, -0.2) is 10.9 Å². The number of nitrogens with one attached hydrogen (secondary N) is 4. The van der Waals surface area contributed by atoms with Crippen LogP contribution < -0.4 is 26.2 Å². The van der Waals surface area contributed by atoms with E-state index < -0.39 is 0 Å². The van der Waals surface area contributed by atoms with E-state index in [2.05, 4.69) is 37.4 Å². The Morgan fingerprint density at radius 2 is 1.79 bits per heavy atom. The molecule has 0 radical (unpaired) electrons. The van der Waals surface area contributed by atoms with Crippen LogP contribution >= 0.6 is 15.9 Å². The predicted octanol–water partition coefficient (Wildman–Crippen LogP) is 1.80. The molecule has 4 N–H and O–H groups in total. The van der Waals surface area contributed by atoms with Gasteiger partial charge in [0.1, 0.15) is 11.8 Å². The van der Waals surface area contributed by atoms with Crippen LogP contribution in [0, 0.1) is 0 Å². The second-order valence-electron chi connectivity index (χ2n) is 6.52. The molecule has 2 amide bonds. The number of hydrogen-bond donors (Lipinski definition) is 4. The zero-order chi connectivity index (χ0) is 19.9. The fourth-order valence-corrected chi connectivity index (χ4v) is 3.20. The Morgan fingerprint density at radius 1 is 1.07 bits per heavy atom.